The van der Waals surface area contributed by atoms with Crippen molar-refractivity contribution in [1.82, 2.24) is 0 Å². The van der Waals surface area contributed by atoms with Crippen molar-refractivity contribution in [2.24, 2.45) is 0 Å². The Morgan fingerprint density at radius 3 is 2.71 bits per heavy atom. The fourth-order valence-electron chi connectivity index (χ4n) is 1.38. The number of nitrogens with zero attached hydrogens (tertiary/aromatic N) is 1. The molecule has 0 aliphatic heterocycles. The molecule has 1 aromatic carbocycles. The van der Waals surface area contributed by atoms with Gasteiger partial charge < -0.3 is 4.74 Å². The van der Waals surface area contributed by atoms with Crippen molar-refractivity contribution in [3.05, 3.63) is 28.3 Å². The second-order valence-corrected chi connectivity index (χ2v) is 3.35. The zero-order chi connectivity index (χ0) is 10.6. The van der Waals surface area contributed by atoms with E-state index in [1.54, 1.807) is 7.11 Å². The molecule has 74 valence electrons. The summed E-state index contributed by atoms with van der Waals surface area (Å²) < 4.78 is 5.21. The Bertz CT molecular complexity index is 368. The van der Waals surface area contributed by atoms with Gasteiger partial charge in [0.2, 0.25) is 0 Å². The molecule has 1 rings (SSSR count). The minimum absolute atomic E-state index is 0.361. The molecule has 0 fully saturated rings. The number of ether oxygens (including phenoxy) is 1. The van der Waals surface area contributed by atoms with Crippen LogP contribution in [0.3, 0.4) is 0 Å². The molecule has 0 aromatic heterocycles. The van der Waals surface area contributed by atoms with Gasteiger partial charge in [-0.1, -0.05) is 18.5 Å². The normalized spacial score (nSPS) is 9.57. The SMILES string of the molecule is CCc1c(Cl)cc(CC#N)cc1OC. The third-order valence-electron chi connectivity index (χ3n) is 2.07. The molecule has 0 aliphatic rings. The van der Waals surface area contributed by atoms with E-state index in [1.165, 1.54) is 0 Å². The van der Waals surface area contributed by atoms with E-state index in [0.29, 0.717) is 11.4 Å². The zero-order valence-corrected chi connectivity index (χ0v) is 9.06. The number of halogens is 1. The molecule has 2 nitrogen and oxygen atoms in total. The van der Waals surface area contributed by atoms with Crippen molar-refractivity contribution >= 4 is 11.6 Å². The van der Waals surface area contributed by atoms with Gasteiger partial charge in [0.15, 0.2) is 0 Å². The summed E-state index contributed by atoms with van der Waals surface area (Å²) in [7, 11) is 1.61. The molecule has 0 spiro atoms. The van der Waals surface area contributed by atoms with E-state index < -0.39 is 0 Å². The molecule has 0 radical (unpaired) electrons. The quantitative estimate of drug-likeness (QED) is 0.767. The van der Waals surface area contributed by atoms with Crippen LogP contribution in [0.1, 0.15) is 18.1 Å². The lowest BCUT2D eigenvalue weighted by atomic mass is 10.1. The van der Waals surface area contributed by atoms with Crippen LogP contribution in [0.4, 0.5) is 0 Å². The van der Waals surface area contributed by atoms with Crippen LogP contribution in [0, 0.1) is 11.3 Å². The Morgan fingerprint density at radius 1 is 1.50 bits per heavy atom. The highest BCUT2D eigenvalue weighted by molar-refractivity contribution is 6.31. The predicted molar refractivity (Wildman–Crippen MR) is 56.7 cm³/mol. The van der Waals surface area contributed by atoms with Crippen molar-refractivity contribution in [3.8, 4) is 11.8 Å². The van der Waals surface area contributed by atoms with Crippen LogP contribution < -0.4 is 4.74 Å². The summed E-state index contributed by atoms with van der Waals surface area (Å²) in [6, 6.07) is 5.78. The maximum absolute atomic E-state index is 8.57. The Labute approximate surface area is 89.1 Å². The number of rotatable bonds is 3. The van der Waals surface area contributed by atoms with Crippen molar-refractivity contribution < 1.29 is 4.74 Å². The van der Waals surface area contributed by atoms with Crippen LogP contribution in [0.5, 0.6) is 5.75 Å². The van der Waals surface area contributed by atoms with E-state index in [2.05, 4.69) is 6.07 Å². The lowest BCUT2D eigenvalue weighted by molar-refractivity contribution is 0.410. The highest BCUT2D eigenvalue weighted by atomic mass is 35.5. The Balaban J connectivity index is 3.18. The molecule has 14 heavy (non-hydrogen) atoms. The topological polar surface area (TPSA) is 33.0 Å². The van der Waals surface area contributed by atoms with E-state index in [1.807, 2.05) is 19.1 Å². The number of benzene rings is 1. The molecule has 1 aromatic rings. The third-order valence-corrected chi connectivity index (χ3v) is 2.41. The summed E-state index contributed by atoms with van der Waals surface area (Å²) in [6.45, 7) is 2.02. The smallest absolute Gasteiger partial charge is 0.123 e. The Morgan fingerprint density at radius 2 is 2.21 bits per heavy atom. The van der Waals surface area contributed by atoms with Gasteiger partial charge in [-0.2, -0.15) is 5.26 Å². The molecule has 0 amide bonds. The zero-order valence-electron chi connectivity index (χ0n) is 8.30. The number of nitriles is 1. The van der Waals surface area contributed by atoms with Crippen LogP contribution >= 0.6 is 11.6 Å². The van der Waals surface area contributed by atoms with Gasteiger partial charge in [0.25, 0.3) is 0 Å². The monoisotopic (exact) mass is 209 g/mol. The number of hydrogen-bond acceptors (Lipinski definition) is 2. The van der Waals surface area contributed by atoms with E-state index in [9.17, 15) is 0 Å². The van der Waals surface area contributed by atoms with Crippen molar-refractivity contribution in [1.29, 1.82) is 5.26 Å². The fraction of sp³-hybridized carbons (Fsp3) is 0.364. The first-order valence-electron chi connectivity index (χ1n) is 4.45. The molecular weight excluding hydrogens is 198 g/mol. The predicted octanol–water partition coefficient (Wildman–Crippen LogP) is 2.98. The average Bonchev–Trinajstić information content (AvgIpc) is 2.17. The van der Waals surface area contributed by atoms with Gasteiger partial charge >= 0.3 is 0 Å². The first-order chi connectivity index (χ1) is 6.72. The molecule has 0 unspecified atom stereocenters. The summed E-state index contributed by atoms with van der Waals surface area (Å²) in [4.78, 5) is 0. The highest BCUT2D eigenvalue weighted by Crippen LogP contribution is 2.29. The maximum Gasteiger partial charge on any atom is 0.123 e. The second-order valence-electron chi connectivity index (χ2n) is 2.95. The van der Waals surface area contributed by atoms with Crippen LogP contribution in [-0.2, 0) is 12.8 Å². The van der Waals surface area contributed by atoms with Crippen molar-refractivity contribution in [3.63, 3.8) is 0 Å². The van der Waals surface area contributed by atoms with E-state index >= 15 is 0 Å². The number of methoxy groups -OCH3 is 1. The molecule has 0 aliphatic carbocycles. The Hall–Kier alpha value is -1.20. The molecule has 3 heteroatoms. The van der Waals surface area contributed by atoms with Gasteiger partial charge in [0.05, 0.1) is 19.6 Å². The highest BCUT2D eigenvalue weighted by Gasteiger charge is 2.08. The lowest BCUT2D eigenvalue weighted by Crippen LogP contribution is -1.94. The van der Waals surface area contributed by atoms with Gasteiger partial charge in [-0.15, -0.1) is 0 Å². The van der Waals surface area contributed by atoms with Gasteiger partial charge in [0.1, 0.15) is 5.75 Å². The van der Waals surface area contributed by atoms with Gasteiger partial charge in [0, 0.05) is 10.6 Å². The van der Waals surface area contributed by atoms with Crippen molar-refractivity contribution in [2.75, 3.05) is 7.11 Å². The molecule has 0 heterocycles. The van der Waals surface area contributed by atoms with E-state index in [4.69, 9.17) is 21.6 Å². The van der Waals surface area contributed by atoms with Gasteiger partial charge in [-0.3, -0.25) is 0 Å². The molecule has 0 saturated carbocycles. The molecule has 0 atom stereocenters. The second kappa shape index (κ2) is 4.88. The minimum Gasteiger partial charge on any atom is -0.496 e. The van der Waals surface area contributed by atoms with Crippen LogP contribution in [0.2, 0.25) is 5.02 Å². The molecule has 0 N–H and O–H groups in total. The summed E-state index contributed by atoms with van der Waals surface area (Å²) in [5.74, 6) is 0.769. The molecule has 0 bridgehead atoms. The summed E-state index contributed by atoms with van der Waals surface area (Å²) in [6.07, 6.45) is 1.19. The molecule has 0 saturated heterocycles. The average molecular weight is 210 g/mol. The Kier molecular flexibility index (Phi) is 3.79. The van der Waals surface area contributed by atoms with Gasteiger partial charge in [-0.25, -0.2) is 0 Å². The first-order valence-corrected chi connectivity index (χ1v) is 4.83. The van der Waals surface area contributed by atoms with Crippen LogP contribution in [-0.4, -0.2) is 7.11 Å². The van der Waals surface area contributed by atoms with Crippen LogP contribution in [0.25, 0.3) is 0 Å². The summed E-state index contributed by atoms with van der Waals surface area (Å²) >= 11 is 6.06. The van der Waals surface area contributed by atoms with Crippen molar-refractivity contribution in [2.45, 2.75) is 19.8 Å². The summed E-state index contributed by atoms with van der Waals surface area (Å²) in [5.41, 5.74) is 1.89. The minimum atomic E-state index is 0.361. The standard InChI is InChI=1S/C11H12ClNO/c1-3-9-10(12)6-8(4-5-13)7-11(9)14-2/h6-7H,3-4H2,1-2H3. The third kappa shape index (κ3) is 2.18. The van der Waals surface area contributed by atoms with E-state index in [0.717, 1.165) is 23.3 Å². The fourth-order valence-corrected chi connectivity index (χ4v) is 1.75. The molecular formula is C11H12ClNO. The first kappa shape index (κ1) is 10.9. The van der Waals surface area contributed by atoms with Gasteiger partial charge in [-0.05, 0) is 24.1 Å². The lowest BCUT2D eigenvalue weighted by Gasteiger charge is -2.10. The van der Waals surface area contributed by atoms with E-state index in [-0.39, 0.29) is 0 Å². The van der Waals surface area contributed by atoms with Crippen LogP contribution in [0.15, 0.2) is 12.1 Å². The number of hydrogen-bond donors (Lipinski definition) is 0. The largest absolute Gasteiger partial charge is 0.496 e. The maximum atomic E-state index is 8.57. The summed E-state index contributed by atoms with van der Waals surface area (Å²) in [5, 5.41) is 9.24.